The number of aliphatic hydroxyl groups is 1. The molecule has 7 nitrogen and oxygen atoms in total. The first kappa shape index (κ1) is 19.6. The zero-order chi connectivity index (χ0) is 20.9. The maximum atomic E-state index is 11.0. The molecule has 3 heterocycles. The van der Waals surface area contributed by atoms with E-state index < -0.39 is 5.60 Å². The van der Waals surface area contributed by atoms with E-state index in [2.05, 4.69) is 20.3 Å². The van der Waals surface area contributed by atoms with Crippen molar-refractivity contribution < 1.29 is 5.11 Å². The first-order valence-electron chi connectivity index (χ1n) is 10.8. The summed E-state index contributed by atoms with van der Waals surface area (Å²) < 4.78 is 1.10. The number of hydrogen-bond donors (Lipinski definition) is 3. The van der Waals surface area contributed by atoms with Gasteiger partial charge in [-0.3, -0.25) is 4.98 Å². The molecule has 4 N–H and O–H groups in total. The highest BCUT2D eigenvalue weighted by Gasteiger charge is 2.43. The minimum atomic E-state index is -0.475. The third-order valence-corrected chi connectivity index (χ3v) is 7.85. The van der Waals surface area contributed by atoms with Crippen LogP contribution < -0.4 is 11.1 Å². The SMILES string of the molecule is Cc1nc(N)nc(N[C@H]2CC[C@@H](C3(O)CCCC3)C2)c1-c1nc2c(C)nccc2s1. The molecule has 2 atom stereocenters. The second-order valence-corrected chi connectivity index (χ2v) is 9.85. The molecule has 0 aliphatic heterocycles. The van der Waals surface area contributed by atoms with E-state index in [4.69, 9.17) is 10.7 Å². The van der Waals surface area contributed by atoms with Crippen LogP contribution in [0, 0.1) is 19.8 Å². The minimum Gasteiger partial charge on any atom is -0.390 e. The van der Waals surface area contributed by atoms with Crippen LogP contribution in [-0.4, -0.2) is 36.7 Å². The number of nitrogens with zero attached hydrogens (tertiary/aromatic N) is 4. The summed E-state index contributed by atoms with van der Waals surface area (Å²) in [6.07, 6.45) is 9.01. The molecule has 30 heavy (non-hydrogen) atoms. The number of rotatable bonds is 4. The van der Waals surface area contributed by atoms with Crippen LogP contribution in [0.25, 0.3) is 20.8 Å². The maximum absolute atomic E-state index is 11.0. The second-order valence-electron chi connectivity index (χ2n) is 8.81. The van der Waals surface area contributed by atoms with Gasteiger partial charge in [-0.2, -0.15) is 4.98 Å². The topological polar surface area (TPSA) is 110 Å². The minimum absolute atomic E-state index is 0.265. The van der Waals surface area contributed by atoms with Crippen molar-refractivity contribution in [3.8, 4) is 10.6 Å². The van der Waals surface area contributed by atoms with Crippen molar-refractivity contribution in [2.45, 2.75) is 70.4 Å². The quantitative estimate of drug-likeness (QED) is 0.575. The number of nitrogens with one attached hydrogen (secondary N) is 1. The van der Waals surface area contributed by atoms with Gasteiger partial charge in [0.2, 0.25) is 5.95 Å². The van der Waals surface area contributed by atoms with Crippen molar-refractivity contribution in [2.75, 3.05) is 11.1 Å². The van der Waals surface area contributed by atoms with E-state index in [-0.39, 0.29) is 12.0 Å². The van der Waals surface area contributed by atoms with Gasteiger partial charge in [0.15, 0.2) is 0 Å². The Morgan fingerprint density at radius 2 is 1.93 bits per heavy atom. The number of nitrogen functional groups attached to an aromatic ring is 1. The Labute approximate surface area is 180 Å². The van der Waals surface area contributed by atoms with Crippen molar-refractivity contribution in [2.24, 2.45) is 5.92 Å². The molecule has 8 heteroatoms. The Morgan fingerprint density at radius 1 is 1.13 bits per heavy atom. The average molecular weight is 425 g/mol. The number of nitrogens with two attached hydrogens (primary N) is 1. The second kappa shape index (κ2) is 7.42. The lowest BCUT2D eigenvalue weighted by atomic mass is 9.84. The molecule has 2 aliphatic rings. The lowest BCUT2D eigenvalue weighted by Crippen LogP contribution is -2.34. The van der Waals surface area contributed by atoms with Crippen LogP contribution in [0.15, 0.2) is 12.3 Å². The Hall–Kier alpha value is -2.32. The van der Waals surface area contributed by atoms with Crippen LogP contribution in [0.3, 0.4) is 0 Å². The lowest BCUT2D eigenvalue weighted by Gasteiger charge is -2.29. The third-order valence-electron chi connectivity index (χ3n) is 6.81. The highest BCUT2D eigenvalue weighted by atomic mass is 32.1. The van der Waals surface area contributed by atoms with Gasteiger partial charge in [0.1, 0.15) is 16.3 Å². The zero-order valence-corrected chi connectivity index (χ0v) is 18.3. The number of hydrogen-bond acceptors (Lipinski definition) is 8. The molecule has 0 aromatic carbocycles. The van der Waals surface area contributed by atoms with Gasteiger partial charge in [-0.05, 0) is 57.9 Å². The molecule has 0 saturated heterocycles. The average Bonchev–Trinajstić information content (AvgIpc) is 3.42. The summed E-state index contributed by atoms with van der Waals surface area (Å²) in [7, 11) is 0. The normalized spacial score (nSPS) is 23.3. The zero-order valence-electron chi connectivity index (χ0n) is 17.5. The van der Waals surface area contributed by atoms with Gasteiger partial charge in [-0.15, -0.1) is 11.3 Å². The molecule has 0 spiro atoms. The first-order chi connectivity index (χ1) is 14.4. The fraction of sp³-hybridized carbons (Fsp3) is 0.545. The van der Waals surface area contributed by atoms with E-state index in [1.54, 1.807) is 11.3 Å². The summed E-state index contributed by atoms with van der Waals surface area (Å²) in [6.45, 7) is 3.93. The molecule has 0 radical (unpaired) electrons. The van der Waals surface area contributed by atoms with E-state index in [1.807, 2.05) is 26.1 Å². The van der Waals surface area contributed by atoms with Gasteiger partial charge in [0, 0.05) is 12.2 Å². The van der Waals surface area contributed by atoms with Crippen molar-refractivity contribution in [1.29, 1.82) is 0 Å². The van der Waals surface area contributed by atoms with Gasteiger partial charge < -0.3 is 16.2 Å². The number of pyridine rings is 1. The summed E-state index contributed by atoms with van der Waals surface area (Å²) in [5.41, 5.74) is 9.09. The maximum Gasteiger partial charge on any atom is 0.222 e. The smallest absolute Gasteiger partial charge is 0.222 e. The van der Waals surface area contributed by atoms with Gasteiger partial charge in [0.25, 0.3) is 0 Å². The molecular formula is C22H28N6OS. The monoisotopic (exact) mass is 424 g/mol. The molecule has 5 rings (SSSR count). The van der Waals surface area contributed by atoms with Crippen molar-refractivity contribution in [3.63, 3.8) is 0 Å². The van der Waals surface area contributed by atoms with Crippen LogP contribution in [0.4, 0.5) is 11.8 Å². The van der Waals surface area contributed by atoms with E-state index in [0.717, 1.165) is 82.9 Å². The van der Waals surface area contributed by atoms with Crippen LogP contribution in [0.5, 0.6) is 0 Å². The van der Waals surface area contributed by atoms with E-state index in [9.17, 15) is 5.11 Å². The highest BCUT2D eigenvalue weighted by Crippen LogP contribution is 2.45. The highest BCUT2D eigenvalue weighted by molar-refractivity contribution is 7.21. The van der Waals surface area contributed by atoms with Crippen molar-refractivity contribution >= 4 is 33.3 Å². The number of aromatic nitrogens is 4. The largest absolute Gasteiger partial charge is 0.390 e. The van der Waals surface area contributed by atoms with E-state index in [1.165, 1.54) is 0 Å². The Bertz CT molecular complexity index is 1090. The molecule has 2 aliphatic carbocycles. The van der Waals surface area contributed by atoms with Crippen LogP contribution in [0.1, 0.15) is 56.3 Å². The number of aryl methyl sites for hydroxylation is 2. The van der Waals surface area contributed by atoms with Gasteiger partial charge in [0.05, 0.1) is 27.3 Å². The molecule has 3 aromatic heterocycles. The van der Waals surface area contributed by atoms with Crippen LogP contribution >= 0.6 is 11.3 Å². The predicted octanol–water partition coefficient (Wildman–Crippen LogP) is 4.23. The molecule has 0 unspecified atom stereocenters. The van der Waals surface area contributed by atoms with Gasteiger partial charge >= 0.3 is 0 Å². The summed E-state index contributed by atoms with van der Waals surface area (Å²) in [6, 6.07) is 2.26. The molecule has 158 valence electrons. The van der Waals surface area contributed by atoms with E-state index in [0.29, 0.717) is 5.92 Å². The Balaban J connectivity index is 1.46. The summed E-state index contributed by atoms with van der Waals surface area (Å²) >= 11 is 1.63. The summed E-state index contributed by atoms with van der Waals surface area (Å²) in [5.74, 6) is 1.37. The number of anilines is 2. The number of thiazole rings is 1. The summed E-state index contributed by atoms with van der Waals surface area (Å²) in [5, 5.41) is 15.5. The van der Waals surface area contributed by atoms with Gasteiger partial charge in [-0.25, -0.2) is 9.97 Å². The fourth-order valence-corrected chi connectivity index (χ4v) is 6.34. The molecule has 2 saturated carbocycles. The van der Waals surface area contributed by atoms with Crippen LogP contribution in [-0.2, 0) is 0 Å². The predicted molar refractivity (Wildman–Crippen MR) is 120 cm³/mol. The van der Waals surface area contributed by atoms with Crippen molar-refractivity contribution in [1.82, 2.24) is 19.9 Å². The summed E-state index contributed by atoms with van der Waals surface area (Å²) in [4.78, 5) is 18.2. The first-order valence-corrected chi connectivity index (χ1v) is 11.6. The van der Waals surface area contributed by atoms with Gasteiger partial charge in [-0.1, -0.05) is 12.8 Å². The molecule has 0 bridgehead atoms. The molecule has 0 amide bonds. The lowest BCUT2D eigenvalue weighted by molar-refractivity contribution is -0.00994. The Morgan fingerprint density at radius 3 is 2.70 bits per heavy atom. The molecular weight excluding hydrogens is 396 g/mol. The van der Waals surface area contributed by atoms with E-state index >= 15 is 0 Å². The van der Waals surface area contributed by atoms with Crippen molar-refractivity contribution in [3.05, 3.63) is 23.7 Å². The Kier molecular flexibility index (Phi) is 4.86. The fourth-order valence-electron chi connectivity index (χ4n) is 5.23. The standard InChI is InChI=1S/C22H28N6OS/c1-12-17(20-27-18-13(2)24-10-7-16(18)30-20)19(28-21(23)25-12)26-15-6-5-14(11-15)22(29)8-3-4-9-22/h7,10,14-15,29H,3-6,8-9,11H2,1-2H3,(H3,23,25,26,28)/t14-,15+/m1/s1. The molecule has 2 fully saturated rings. The number of fused-ring (bicyclic) bond motifs is 1. The molecule has 3 aromatic rings. The third kappa shape index (κ3) is 3.41. The van der Waals surface area contributed by atoms with Crippen LogP contribution in [0.2, 0.25) is 0 Å².